The quantitative estimate of drug-likeness (QED) is 0.261. The van der Waals surface area contributed by atoms with Gasteiger partial charge in [-0.1, -0.05) is 13.8 Å². The Kier molecular flexibility index (Phi) is 5.62. The Balaban J connectivity index is 1.25. The second-order valence-corrected chi connectivity index (χ2v) is 9.98. The van der Waals surface area contributed by atoms with E-state index in [0.717, 1.165) is 22.2 Å². The number of hydrogen-bond acceptors (Lipinski definition) is 8. The van der Waals surface area contributed by atoms with Crippen molar-refractivity contribution in [3.63, 3.8) is 0 Å². The van der Waals surface area contributed by atoms with Gasteiger partial charge in [0, 0.05) is 29.9 Å². The first kappa shape index (κ1) is 23.8. The average molecular weight is 533 g/mol. The number of fused-ring (bicyclic) bond motifs is 3. The maximum Gasteiger partial charge on any atom is 0.231 e. The molecular formula is C29H24N8O3. The smallest absolute Gasteiger partial charge is 0.231 e. The molecule has 0 spiro atoms. The van der Waals surface area contributed by atoms with Crippen molar-refractivity contribution in [1.82, 2.24) is 35.1 Å². The van der Waals surface area contributed by atoms with Gasteiger partial charge in [-0.15, -0.1) is 0 Å². The highest BCUT2D eigenvalue weighted by molar-refractivity contribution is 5.95. The number of imidazole rings is 1. The highest BCUT2D eigenvalue weighted by Crippen LogP contribution is 2.37. The Morgan fingerprint density at radius 3 is 2.73 bits per heavy atom. The Labute approximate surface area is 228 Å². The molecule has 40 heavy (non-hydrogen) atoms. The zero-order valence-electron chi connectivity index (χ0n) is 21.7. The number of nitrogens with one attached hydrogen (secondary N) is 3. The molecule has 1 aliphatic rings. The minimum Gasteiger partial charge on any atom is -0.454 e. The fraction of sp³-hybridized carbons (Fsp3) is 0.172. The minimum absolute atomic E-state index is 0.0472. The summed E-state index contributed by atoms with van der Waals surface area (Å²) in [7, 11) is 0. The maximum absolute atomic E-state index is 12.3. The molecule has 0 saturated heterocycles. The van der Waals surface area contributed by atoms with E-state index in [1.54, 1.807) is 18.6 Å². The van der Waals surface area contributed by atoms with Gasteiger partial charge in [0.2, 0.25) is 12.7 Å². The van der Waals surface area contributed by atoms with Crippen molar-refractivity contribution in [2.24, 2.45) is 5.92 Å². The zero-order chi connectivity index (χ0) is 27.2. The number of hydrogen-bond donors (Lipinski definition) is 3. The number of rotatable bonds is 6. The van der Waals surface area contributed by atoms with Crippen LogP contribution in [0.2, 0.25) is 0 Å². The molecule has 6 heterocycles. The summed E-state index contributed by atoms with van der Waals surface area (Å²) < 4.78 is 11.0. The fourth-order valence-corrected chi connectivity index (χ4v) is 4.76. The molecule has 0 saturated carbocycles. The Morgan fingerprint density at radius 2 is 1.82 bits per heavy atom. The van der Waals surface area contributed by atoms with Gasteiger partial charge in [-0.3, -0.25) is 19.9 Å². The molecule has 0 bridgehead atoms. The summed E-state index contributed by atoms with van der Waals surface area (Å²) in [6.07, 6.45) is 5.53. The molecule has 0 fully saturated rings. The third-order valence-corrected chi connectivity index (χ3v) is 6.59. The van der Waals surface area contributed by atoms with Gasteiger partial charge in [-0.05, 0) is 48.4 Å². The van der Waals surface area contributed by atoms with Crippen molar-refractivity contribution in [2.45, 2.75) is 20.3 Å². The standard InChI is InChI=1S/C29H24N8O3/c1-15(2)9-24(38)32-18-10-17(12-30-13-18)19-4-5-21-27(33-19)28(37-36-21)29-34-20-7-8-31-25(26(20)35-29)16-3-6-22-23(11-16)40-14-39-22/h3-8,10-13,15H,9,14H2,1-2H3,(H,32,38)(H,34,35)(H,36,37). The van der Waals surface area contributed by atoms with E-state index in [2.05, 4.69) is 30.5 Å². The lowest BCUT2D eigenvalue weighted by Gasteiger charge is -2.08. The highest BCUT2D eigenvalue weighted by Gasteiger charge is 2.20. The van der Waals surface area contributed by atoms with Crippen molar-refractivity contribution in [3.05, 3.63) is 61.1 Å². The lowest BCUT2D eigenvalue weighted by atomic mass is 10.1. The summed E-state index contributed by atoms with van der Waals surface area (Å²) in [6.45, 7) is 4.22. The Bertz CT molecular complexity index is 1910. The third-order valence-electron chi connectivity index (χ3n) is 6.59. The van der Waals surface area contributed by atoms with Gasteiger partial charge in [0.15, 0.2) is 23.0 Å². The van der Waals surface area contributed by atoms with Gasteiger partial charge < -0.3 is 19.8 Å². The molecular weight excluding hydrogens is 508 g/mol. The predicted molar refractivity (Wildman–Crippen MR) is 150 cm³/mol. The van der Waals surface area contributed by atoms with Crippen LogP contribution in [0.5, 0.6) is 11.5 Å². The number of pyridine rings is 3. The van der Waals surface area contributed by atoms with Crippen LogP contribution >= 0.6 is 0 Å². The number of H-pyrrole nitrogens is 2. The van der Waals surface area contributed by atoms with Gasteiger partial charge in [-0.2, -0.15) is 5.10 Å². The van der Waals surface area contributed by atoms with E-state index in [1.165, 1.54) is 0 Å². The monoisotopic (exact) mass is 532 g/mol. The molecule has 0 aliphatic carbocycles. The largest absolute Gasteiger partial charge is 0.454 e. The Hall–Kier alpha value is -5.32. The van der Waals surface area contributed by atoms with Crippen LogP contribution < -0.4 is 14.8 Å². The third kappa shape index (κ3) is 4.27. The molecule has 7 rings (SSSR count). The van der Waals surface area contributed by atoms with Crippen molar-refractivity contribution in [2.75, 3.05) is 12.1 Å². The fourth-order valence-electron chi connectivity index (χ4n) is 4.76. The molecule has 0 atom stereocenters. The first-order chi connectivity index (χ1) is 19.5. The molecule has 3 N–H and O–H groups in total. The van der Waals surface area contributed by atoms with Crippen LogP contribution in [-0.4, -0.2) is 47.8 Å². The summed E-state index contributed by atoms with van der Waals surface area (Å²) in [4.78, 5) is 34.3. The van der Waals surface area contributed by atoms with Gasteiger partial charge >= 0.3 is 0 Å². The SMILES string of the molecule is CC(C)CC(=O)Nc1cncc(-c2ccc3[nH]nc(-c4nc5c(-c6ccc7c(c6)OCO7)nccc5[nH]4)c3n2)c1. The normalized spacial score (nSPS) is 12.5. The number of aromatic nitrogens is 7. The molecule has 1 aliphatic heterocycles. The van der Waals surface area contributed by atoms with Gasteiger partial charge in [0.1, 0.15) is 11.0 Å². The number of ether oxygens (including phenoxy) is 2. The first-order valence-corrected chi connectivity index (χ1v) is 12.9. The van der Waals surface area contributed by atoms with Crippen molar-refractivity contribution in [3.8, 4) is 45.5 Å². The van der Waals surface area contributed by atoms with E-state index in [-0.39, 0.29) is 18.6 Å². The first-order valence-electron chi connectivity index (χ1n) is 12.9. The number of benzene rings is 1. The number of carbonyl (C=O) groups excluding carboxylic acids is 1. The molecule has 0 radical (unpaired) electrons. The zero-order valence-corrected chi connectivity index (χ0v) is 21.7. The average Bonchev–Trinajstić information content (AvgIpc) is 3.69. The topological polar surface area (TPSA) is 144 Å². The summed E-state index contributed by atoms with van der Waals surface area (Å²) in [5.41, 5.74) is 7.21. The lowest BCUT2D eigenvalue weighted by Crippen LogP contribution is -2.14. The minimum atomic E-state index is -0.0472. The number of anilines is 1. The molecule has 1 aromatic carbocycles. The summed E-state index contributed by atoms with van der Waals surface area (Å²) in [5.74, 6) is 2.17. The molecule has 11 nitrogen and oxygen atoms in total. The van der Waals surface area contributed by atoms with Crippen molar-refractivity contribution >= 4 is 33.7 Å². The molecule has 6 aromatic rings. The molecule has 11 heteroatoms. The molecule has 0 unspecified atom stereocenters. The molecule has 5 aromatic heterocycles. The van der Waals surface area contributed by atoms with Gasteiger partial charge in [0.25, 0.3) is 0 Å². The number of aromatic amines is 2. The lowest BCUT2D eigenvalue weighted by molar-refractivity contribution is -0.116. The second kappa shape index (κ2) is 9.45. The number of nitrogens with zero attached hydrogens (tertiary/aromatic N) is 5. The van der Waals surface area contributed by atoms with Crippen LogP contribution in [0, 0.1) is 5.92 Å². The van der Waals surface area contributed by atoms with E-state index in [4.69, 9.17) is 19.4 Å². The summed E-state index contributed by atoms with van der Waals surface area (Å²) >= 11 is 0. The predicted octanol–water partition coefficient (Wildman–Crippen LogP) is 5.34. The van der Waals surface area contributed by atoms with E-state index in [1.807, 2.05) is 56.3 Å². The van der Waals surface area contributed by atoms with Crippen LogP contribution in [0.1, 0.15) is 20.3 Å². The molecule has 1 amide bonds. The number of amides is 1. The maximum atomic E-state index is 12.3. The van der Waals surface area contributed by atoms with Crippen LogP contribution in [0.15, 0.2) is 61.1 Å². The Morgan fingerprint density at radius 1 is 0.950 bits per heavy atom. The van der Waals surface area contributed by atoms with E-state index in [0.29, 0.717) is 57.5 Å². The number of carbonyl (C=O) groups is 1. The van der Waals surface area contributed by atoms with Crippen LogP contribution in [0.25, 0.3) is 56.1 Å². The van der Waals surface area contributed by atoms with Crippen LogP contribution in [0.3, 0.4) is 0 Å². The van der Waals surface area contributed by atoms with Crippen LogP contribution in [0.4, 0.5) is 5.69 Å². The molecule has 198 valence electrons. The van der Waals surface area contributed by atoms with Crippen molar-refractivity contribution < 1.29 is 14.3 Å². The van der Waals surface area contributed by atoms with E-state index >= 15 is 0 Å². The second-order valence-electron chi connectivity index (χ2n) is 9.98. The highest BCUT2D eigenvalue weighted by atomic mass is 16.7. The van der Waals surface area contributed by atoms with Crippen molar-refractivity contribution in [1.29, 1.82) is 0 Å². The van der Waals surface area contributed by atoms with Gasteiger partial charge in [-0.25, -0.2) is 9.97 Å². The van der Waals surface area contributed by atoms with E-state index < -0.39 is 0 Å². The summed E-state index contributed by atoms with van der Waals surface area (Å²) in [5, 5.41) is 10.5. The van der Waals surface area contributed by atoms with Gasteiger partial charge in [0.05, 0.1) is 34.3 Å². The summed E-state index contributed by atoms with van der Waals surface area (Å²) in [6, 6.07) is 13.3. The van der Waals surface area contributed by atoms with E-state index in [9.17, 15) is 4.79 Å². The van der Waals surface area contributed by atoms with Crippen LogP contribution in [-0.2, 0) is 4.79 Å².